The zero-order valence-corrected chi connectivity index (χ0v) is 12.9. The number of aromatic nitrogens is 2. The number of ether oxygens (including phenoxy) is 1. The van der Waals surface area contributed by atoms with Crippen molar-refractivity contribution in [2.75, 3.05) is 13.2 Å². The molecule has 4 rings (SSSR count). The lowest BCUT2D eigenvalue weighted by atomic mass is 10.2. The number of hydrogen-bond acceptors (Lipinski definition) is 4. The topological polar surface area (TPSA) is 39.1 Å². The summed E-state index contributed by atoms with van der Waals surface area (Å²) in [5, 5.41) is 1.49. The molecule has 0 bridgehead atoms. The molecule has 21 heavy (non-hydrogen) atoms. The van der Waals surface area contributed by atoms with Crippen LogP contribution in [0.25, 0.3) is 11.0 Å². The molecule has 0 spiro atoms. The van der Waals surface area contributed by atoms with Crippen molar-refractivity contribution in [1.82, 2.24) is 14.3 Å². The number of fused-ring (bicyclic) bond motifs is 1. The van der Waals surface area contributed by atoms with Gasteiger partial charge in [-0.1, -0.05) is 23.5 Å². The van der Waals surface area contributed by atoms with Crippen LogP contribution in [0, 0.1) is 5.82 Å². The molecule has 2 fully saturated rings. The van der Waals surface area contributed by atoms with Gasteiger partial charge in [-0.25, -0.2) is 9.37 Å². The molecule has 0 amide bonds. The Bertz CT molecular complexity index is 684. The maximum atomic E-state index is 13.7. The largest absolute Gasteiger partial charge is 0.377 e. The molecule has 1 N–H and O–H groups in total. The van der Waals surface area contributed by atoms with E-state index in [1.165, 1.54) is 18.9 Å². The van der Waals surface area contributed by atoms with Crippen molar-refractivity contribution >= 4 is 34.6 Å². The molecule has 2 aromatic heterocycles. The number of halogens is 2. The van der Waals surface area contributed by atoms with Crippen LogP contribution in [0.3, 0.4) is 0 Å². The molecule has 4 nitrogen and oxygen atoms in total. The van der Waals surface area contributed by atoms with Crippen LogP contribution < -0.4 is 4.72 Å². The highest BCUT2D eigenvalue weighted by Crippen LogP contribution is 2.33. The molecule has 0 radical (unpaired) electrons. The molecule has 2 aromatic rings. The summed E-state index contributed by atoms with van der Waals surface area (Å²) in [5.41, 5.74) is 1.79. The summed E-state index contributed by atoms with van der Waals surface area (Å²) in [6.45, 7) is 2.04. The molecular weight excluding hydrogens is 313 g/mol. The Hall–Kier alpha value is -0.820. The van der Waals surface area contributed by atoms with Crippen LogP contribution in [0.15, 0.2) is 12.3 Å². The minimum absolute atomic E-state index is 0.0750. The fraction of sp³-hybridized carbons (Fsp3) is 0.500. The SMILES string of the molecule is Fc1cc2c(CNSC3CC3)cn(C3COC3)c2nc1Cl. The second kappa shape index (κ2) is 5.43. The summed E-state index contributed by atoms with van der Waals surface area (Å²) in [6.07, 6.45) is 4.61. The third-order valence-corrected chi connectivity index (χ3v) is 5.23. The van der Waals surface area contributed by atoms with E-state index < -0.39 is 5.82 Å². The second-order valence-electron chi connectivity index (χ2n) is 5.52. The average Bonchev–Trinajstić information content (AvgIpc) is 3.16. The molecule has 0 unspecified atom stereocenters. The van der Waals surface area contributed by atoms with E-state index in [-0.39, 0.29) is 11.2 Å². The van der Waals surface area contributed by atoms with E-state index in [4.69, 9.17) is 16.3 Å². The molecule has 1 aliphatic carbocycles. The van der Waals surface area contributed by atoms with Gasteiger partial charge in [-0.05, 0) is 24.5 Å². The fourth-order valence-corrected chi connectivity index (χ4v) is 3.40. The van der Waals surface area contributed by atoms with Crippen LogP contribution >= 0.6 is 23.5 Å². The Morgan fingerprint density at radius 2 is 2.29 bits per heavy atom. The molecule has 0 aromatic carbocycles. The Balaban J connectivity index is 1.68. The summed E-state index contributed by atoms with van der Waals surface area (Å²) in [5.74, 6) is -0.470. The van der Waals surface area contributed by atoms with Gasteiger partial charge in [0.1, 0.15) is 5.65 Å². The van der Waals surface area contributed by atoms with E-state index in [0.717, 1.165) is 21.8 Å². The lowest BCUT2D eigenvalue weighted by molar-refractivity contribution is -0.0216. The Kier molecular flexibility index (Phi) is 3.57. The standard InChI is InChI=1S/C14H15ClFN3OS/c15-13-12(16)3-11-8(4-17-21-10-1-2-10)5-19(14(11)18-13)9-6-20-7-9/h3,5,9-10,17H,1-2,4,6-7H2. The molecule has 2 aliphatic rings. The first-order chi connectivity index (χ1) is 10.2. The van der Waals surface area contributed by atoms with Crippen LogP contribution in [0.2, 0.25) is 5.15 Å². The van der Waals surface area contributed by atoms with Crippen LogP contribution in [0.1, 0.15) is 24.4 Å². The van der Waals surface area contributed by atoms with Crippen LogP contribution in [0.4, 0.5) is 4.39 Å². The van der Waals surface area contributed by atoms with Gasteiger partial charge in [-0.3, -0.25) is 4.72 Å². The van der Waals surface area contributed by atoms with E-state index in [2.05, 4.69) is 14.3 Å². The smallest absolute Gasteiger partial charge is 0.167 e. The van der Waals surface area contributed by atoms with Crippen LogP contribution in [-0.4, -0.2) is 28.0 Å². The van der Waals surface area contributed by atoms with Gasteiger partial charge in [-0.15, -0.1) is 0 Å². The number of pyridine rings is 1. The van der Waals surface area contributed by atoms with Gasteiger partial charge in [-0.2, -0.15) is 0 Å². The zero-order chi connectivity index (χ0) is 14.4. The van der Waals surface area contributed by atoms with Gasteiger partial charge in [0.15, 0.2) is 11.0 Å². The van der Waals surface area contributed by atoms with E-state index in [0.29, 0.717) is 19.8 Å². The van der Waals surface area contributed by atoms with E-state index >= 15 is 0 Å². The van der Waals surface area contributed by atoms with Gasteiger partial charge in [0.2, 0.25) is 0 Å². The first kappa shape index (κ1) is 13.8. The molecule has 0 atom stereocenters. The van der Waals surface area contributed by atoms with Crippen molar-refractivity contribution in [2.24, 2.45) is 0 Å². The second-order valence-corrected chi connectivity index (χ2v) is 7.07. The summed E-state index contributed by atoms with van der Waals surface area (Å²) in [4.78, 5) is 4.22. The summed E-state index contributed by atoms with van der Waals surface area (Å²) >= 11 is 7.60. The highest BCUT2D eigenvalue weighted by atomic mass is 35.5. The predicted molar refractivity (Wildman–Crippen MR) is 82.0 cm³/mol. The quantitative estimate of drug-likeness (QED) is 0.675. The van der Waals surface area contributed by atoms with Gasteiger partial charge in [0.25, 0.3) is 0 Å². The summed E-state index contributed by atoms with van der Waals surface area (Å²) in [7, 11) is 0. The first-order valence-corrected chi connectivity index (χ1v) is 8.30. The van der Waals surface area contributed by atoms with Gasteiger partial charge in [0.05, 0.1) is 19.3 Å². The van der Waals surface area contributed by atoms with E-state index in [1.807, 2.05) is 6.20 Å². The van der Waals surface area contributed by atoms with Crippen molar-refractivity contribution in [1.29, 1.82) is 0 Å². The minimum atomic E-state index is -0.470. The zero-order valence-electron chi connectivity index (χ0n) is 11.3. The lowest BCUT2D eigenvalue weighted by Crippen LogP contribution is -2.30. The van der Waals surface area contributed by atoms with Crippen molar-refractivity contribution < 1.29 is 9.13 Å². The Morgan fingerprint density at radius 3 is 2.95 bits per heavy atom. The molecular formula is C14H15ClFN3OS. The summed E-state index contributed by atoms with van der Waals surface area (Å²) in [6, 6.07) is 1.76. The van der Waals surface area contributed by atoms with Crippen molar-refractivity contribution in [3.05, 3.63) is 28.8 Å². The van der Waals surface area contributed by atoms with E-state index in [1.54, 1.807) is 11.9 Å². The normalized spacial score (nSPS) is 19.1. The van der Waals surface area contributed by atoms with Crippen molar-refractivity contribution in [3.63, 3.8) is 0 Å². The first-order valence-electron chi connectivity index (χ1n) is 7.04. The molecule has 3 heterocycles. The number of nitrogens with zero attached hydrogens (tertiary/aromatic N) is 2. The average molecular weight is 328 g/mol. The molecule has 1 aliphatic heterocycles. The molecule has 7 heteroatoms. The van der Waals surface area contributed by atoms with Crippen LogP contribution in [0.5, 0.6) is 0 Å². The van der Waals surface area contributed by atoms with Gasteiger partial charge in [0, 0.05) is 23.4 Å². The van der Waals surface area contributed by atoms with Gasteiger partial charge < -0.3 is 9.30 Å². The summed E-state index contributed by atoms with van der Waals surface area (Å²) < 4.78 is 24.4. The minimum Gasteiger partial charge on any atom is -0.377 e. The third kappa shape index (κ3) is 2.65. The van der Waals surface area contributed by atoms with Crippen LogP contribution in [-0.2, 0) is 11.3 Å². The van der Waals surface area contributed by atoms with Crippen molar-refractivity contribution in [3.8, 4) is 0 Å². The number of rotatable bonds is 5. The highest BCUT2D eigenvalue weighted by molar-refractivity contribution is 7.98. The van der Waals surface area contributed by atoms with Crippen molar-refractivity contribution in [2.45, 2.75) is 30.7 Å². The lowest BCUT2D eigenvalue weighted by Gasteiger charge is -2.27. The maximum absolute atomic E-state index is 13.7. The third-order valence-electron chi connectivity index (χ3n) is 3.85. The number of hydrogen-bond donors (Lipinski definition) is 1. The Morgan fingerprint density at radius 1 is 1.48 bits per heavy atom. The number of nitrogens with one attached hydrogen (secondary N) is 1. The van der Waals surface area contributed by atoms with Gasteiger partial charge >= 0.3 is 0 Å². The molecule has 1 saturated carbocycles. The predicted octanol–water partition coefficient (Wildman–Crippen LogP) is 3.30. The monoisotopic (exact) mass is 327 g/mol. The van der Waals surface area contributed by atoms with E-state index in [9.17, 15) is 4.39 Å². The molecule has 1 saturated heterocycles. The maximum Gasteiger partial charge on any atom is 0.167 e. The highest BCUT2D eigenvalue weighted by Gasteiger charge is 2.25. The fourth-order valence-electron chi connectivity index (χ4n) is 2.42. The molecule has 112 valence electrons. The Labute approximate surface area is 131 Å².